The number of rotatable bonds is 7. The van der Waals surface area contributed by atoms with Gasteiger partial charge in [-0.25, -0.2) is 0 Å². The van der Waals surface area contributed by atoms with Gasteiger partial charge in [-0.05, 0) is 54.8 Å². The molecule has 6 nitrogen and oxygen atoms in total. The number of ether oxygens (including phenoxy) is 2. The molecule has 1 aromatic heterocycles. The lowest BCUT2D eigenvalue weighted by Gasteiger charge is -2.12. The van der Waals surface area contributed by atoms with Gasteiger partial charge in [-0.3, -0.25) is 4.79 Å². The van der Waals surface area contributed by atoms with Gasteiger partial charge in [0, 0.05) is 6.07 Å². The van der Waals surface area contributed by atoms with E-state index in [1.807, 2.05) is 62.4 Å². The van der Waals surface area contributed by atoms with Gasteiger partial charge in [0.05, 0.1) is 12.8 Å². The molecule has 0 amide bonds. The average molecular weight is 377 g/mol. The predicted molar refractivity (Wildman–Crippen MR) is 111 cm³/mol. The van der Waals surface area contributed by atoms with E-state index in [0.717, 1.165) is 21.4 Å². The van der Waals surface area contributed by atoms with Crippen molar-refractivity contribution in [1.29, 1.82) is 0 Å². The van der Waals surface area contributed by atoms with Crippen molar-refractivity contribution < 1.29 is 9.47 Å². The fourth-order valence-corrected chi connectivity index (χ4v) is 2.70. The quantitative estimate of drug-likeness (QED) is 0.638. The van der Waals surface area contributed by atoms with Crippen LogP contribution in [0.1, 0.15) is 23.6 Å². The van der Waals surface area contributed by atoms with Crippen molar-refractivity contribution in [3.8, 4) is 11.5 Å². The van der Waals surface area contributed by atoms with E-state index >= 15 is 0 Å². The predicted octanol–water partition coefficient (Wildman–Crippen LogP) is 3.60. The molecule has 0 aliphatic heterocycles. The molecule has 0 aliphatic rings. The third kappa shape index (κ3) is 4.79. The Morgan fingerprint density at radius 3 is 2.54 bits per heavy atom. The Hall–Kier alpha value is -3.54. The van der Waals surface area contributed by atoms with Gasteiger partial charge in [-0.2, -0.15) is 9.78 Å². The minimum Gasteiger partial charge on any atom is -0.490 e. The molecule has 0 radical (unpaired) electrons. The number of hydrogen-bond donors (Lipinski definition) is 1. The molecule has 0 spiro atoms. The highest BCUT2D eigenvalue weighted by molar-refractivity contribution is 5.81. The second-order valence-corrected chi connectivity index (χ2v) is 6.27. The fraction of sp³-hybridized carbons (Fsp3) is 0.182. The molecular formula is C22H23N3O3. The molecule has 28 heavy (non-hydrogen) atoms. The Bertz CT molecular complexity index is 1030. The van der Waals surface area contributed by atoms with E-state index in [9.17, 15) is 4.79 Å². The number of pyridine rings is 1. The first kappa shape index (κ1) is 19.2. The number of nitrogens with zero attached hydrogens (tertiary/aromatic N) is 2. The van der Waals surface area contributed by atoms with E-state index < -0.39 is 0 Å². The van der Waals surface area contributed by atoms with E-state index in [-0.39, 0.29) is 11.4 Å². The molecule has 0 saturated carbocycles. The van der Waals surface area contributed by atoms with Crippen LogP contribution in [0.3, 0.4) is 0 Å². The maximum Gasteiger partial charge on any atom is 0.273 e. The van der Waals surface area contributed by atoms with Crippen LogP contribution in [0, 0.1) is 6.92 Å². The maximum atomic E-state index is 12.1. The molecule has 0 saturated heterocycles. The van der Waals surface area contributed by atoms with Crippen molar-refractivity contribution in [2.75, 3.05) is 12.3 Å². The number of aryl methyl sites for hydroxylation is 1. The zero-order valence-corrected chi connectivity index (χ0v) is 16.0. The summed E-state index contributed by atoms with van der Waals surface area (Å²) in [4.78, 5) is 12.1. The Morgan fingerprint density at radius 1 is 1.04 bits per heavy atom. The smallest absolute Gasteiger partial charge is 0.273 e. The number of nitrogen functional groups attached to an aromatic ring is 1. The third-order valence-electron chi connectivity index (χ3n) is 4.01. The van der Waals surface area contributed by atoms with Crippen LogP contribution in [0.5, 0.6) is 11.5 Å². The summed E-state index contributed by atoms with van der Waals surface area (Å²) in [5.74, 6) is 1.55. The molecule has 1 heterocycles. The summed E-state index contributed by atoms with van der Waals surface area (Å²) in [6.45, 7) is 4.68. The molecule has 2 aromatic carbocycles. The normalized spacial score (nSPS) is 10.9. The van der Waals surface area contributed by atoms with Crippen molar-refractivity contribution in [3.05, 3.63) is 87.7 Å². The van der Waals surface area contributed by atoms with Gasteiger partial charge >= 0.3 is 0 Å². The van der Waals surface area contributed by atoms with Crippen LogP contribution in [0.25, 0.3) is 0 Å². The number of benzene rings is 2. The van der Waals surface area contributed by atoms with Gasteiger partial charge in [-0.1, -0.05) is 30.3 Å². The van der Waals surface area contributed by atoms with Gasteiger partial charge < -0.3 is 15.2 Å². The van der Waals surface area contributed by atoms with Crippen LogP contribution in [-0.4, -0.2) is 17.5 Å². The summed E-state index contributed by atoms with van der Waals surface area (Å²) in [7, 11) is 0. The highest BCUT2D eigenvalue weighted by Crippen LogP contribution is 2.29. The van der Waals surface area contributed by atoms with Crippen molar-refractivity contribution in [3.63, 3.8) is 0 Å². The minimum atomic E-state index is -0.276. The van der Waals surface area contributed by atoms with Gasteiger partial charge in [0.15, 0.2) is 11.5 Å². The number of aromatic nitrogens is 1. The monoisotopic (exact) mass is 377 g/mol. The molecule has 3 aromatic rings. The highest BCUT2D eigenvalue weighted by atomic mass is 16.5. The van der Waals surface area contributed by atoms with Crippen LogP contribution in [-0.2, 0) is 6.61 Å². The van der Waals surface area contributed by atoms with E-state index in [4.69, 9.17) is 15.2 Å². The van der Waals surface area contributed by atoms with Gasteiger partial charge in [0.2, 0.25) is 0 Å². The second kappa shape index (κ2) is 8.90. The summed E-state index contributed by atoms with van der Waals surface area (Å²) < 4.78 is 12.8. The zero-order chi connectivity index (χ0) is 19.9. The van der Waals surface area contributed by atoms with Gasteiger partial charge in [0.1, 0.15) is 12.4 Å². The molecular weight excluding hydrogens is 354 g/mol. The molecule has 0 bridgehead atoms. The van der Waals surface area contributed by atoms with Crippen LogP contribution in [0.2, 0.25) is 0 Å². The molecule has 6 heteroatoms. The molecule has 0 unspecified atom stereocenters. The summed E-state index contributed by atoms with van der Waals surface area (Å²) in [6.07, 6.45) is 1.57. The van der Waals surface area contributed by atoms with E-state index in [1.165, 1.54) is 6.07 Å². The molecule has 0 fully saturated rings. The molecule has 144 valence electrons. The van der Waals surface area contributed by atoms with Crippen LogP contribution >= 0.6 is 0 Å². The number of anilines is 1. The molecule has 3 rings (SSSR count). The van der Waals surface area contributed by atoms with Crippen molar-refractivity contribution in [1.82, 2.24) is 4.68 Å². The topological polar surface area (TPSA) is 78.8 Å². The lowest BCUT2D eigenvalue weighted by molar-refractivity contribution is 0.269. The minimum absolute atomic E-state index is 0.276. The number of nitrogens with two attached hydrogens (primary N) is 1. The van der Waals surface area contributed by atoms with E-state index in [2.05, 4.69) is 5.10 Å². The lowest BCUT2D eigenvalue weighted by atomic mass is 10.2. The molecule has 0 atom stereocenters. The second-order valence-electron chi connectivity index (χ2n) is 6.27. The first-order valence-electron chi connectivity index (χ1n) is 9.04. The first-order chi connectivity index (χ1) is 13.6. The van der Waals surface area contributed by atoms with Gasteiger partial charge in [-0.15, -0.1) is 0 Å². The zero-order valence-electron chi connectivity index (χ0n) is 16.0. The SMILES string of the molecule is CCOc1cc(C=Nn2c(N)cc(C)cc2=O)ccc1OCc1ccccc1. The lowest BCUT2D eigenvalue weighted by Crippen LogP contribution is -2.19. The summed E-state index contributed by atoms with van der Waals surface area (Å²) in [5.41, 5.74) is 8.25. The Balaban J connectivity index is 1.81. The molecule has 0 aliphatic carbocycles. The van der Waals surface area contributed by atoms with Crippen LogP contribution < -0.4 is 20.8 Å². The average Bonchev–Trinajstić information content (AvgIpc) is 2.67. The van der Waals surface area contributed by atoms with Crippen molar-refractivity contribution in [2.45, 2.75) is 20.5 Å². The Labute approximate surface area is 163 Å². The largest absolute Gasteiger partial charge is 0.490 e. The van der Waals surface area contributed by atoms with E-state index in [0.29, 0.717) is 24.7 Å². The fourth-order valence-electron chi connectivity index (χ4n) is 2.70. The standard InChI is InChI=1S/C22H23N3O3/c1-3-27-20-13-18(14-24-25-21(23)11-16(2)12-22(25)26)9-10-19(20)28-15-17-7-5-4-6-8-17/h4-14H,3,15,23H2,1-2H3. The Kier molecular flexibility index (Phi) is 6.11. The van der Waals surface area contributed by atoms with E-state index in [1.54, 1.807) is 12.3 Å². The summed E-state index contributed by atoms with van der Waals surface area (Å²) in [6, 6.07) is 18.6. The number of hydrogen-bond acceptors (Lipinski definition) is 5. The highest BCUT2D eigenvalue weighted by Gasteiger charge is 2.07. The van der Waals surface area contributed by atoms with Crippen LogP contribution in [0.4, 0.5) is 5.82 Å². The van der Waals surface area contributed by atoms with Crippen LogP contribution in [0.15, 0.2) is 70.6 Å². The Morgan fingerprint density at radius 2 is 1.82 bits per heavy atom. The summed E-state index contributed by atoms with van der Waals surface area (Å²) >= 11 is 0. The third-order valence-corrected chi connectivity index (χ3v) is 4.01. The first-order valence-corrected chi connectivity index (χ1v) is 9.04. The van der Waals surface area contributed by atoms with Crippen molar-refractivity contribution >= 4 is 12.0 Å². The summed E-state index contributed by atoms with van der Waals surface area (Å²) in [5, 5.41) is 4.20. The van der Waals surface area contributed by atoms with Crippen molar-refractivity contribution in [2.24, 2.45) is 5.10 Å². The maximum absolute atomic E-state index is 12.1. The molecule has 2 N–H and O–H groups in total. The van der Waals surface area contributed by atoms with Gasteiger partial charge in [0.25, 0.3) is 5.56 Å².